The summed E-state index contributed by atoms with van der Waals surface area (Å²) in [7, 11) is 0. The van der Waals surface area contributed by atoms with Gasteiger partial charge in [-0.25, -0.2) is 13.6 Å². The lowest BCUT2D eigenvalue weighted by Gasteiger charge is -2.12. The van der Waals surface area contributed by atoms with Crippen molar-refractivity contribution in [1.29, 1.82) is 0 Å². The minimum atomic E-state index is -2.67. The van der Waals surface area contributed by atoms with Crippen LogP contribution in [0.15, 0.2) is 30.5 Å². The molecule has 0 atom stereocenters. The Bertz CT molecular complexity index is 691. The van der Waals surface area contributed by atoms with Gasteiger partial charge in [-0.15, -0.1) is 0 Å². The number of alkyl halides is 2. The quantitative estimate of drug-likeness (QED) is 0.678. The number of carbonyl (C=O) groups is 1. The fourth-order valence-electron chi connectivity index (χ4n) is 1.97. The molecule has 0 unspecified atom stereocenters. The Morgan fingerprint density at radius 3 is 2.68 bits per heavy atom. The fourth-order valence-corrected chi connectivity index (χ4v) is 2.31. The highest BCUT2D eigenvalue weighted by molar-refractivity contribution is 6.34. The predicted molar refractivity (Wildman–Crippen MR) is 80.0 cm³/mol. The number of anilines is 1. The Morgan fingerprint density at radius 2 is 2.14 bits per heavy atom. The maximum absolute atomic E-state index is 12.6. The van der Waals surface area contributed by atoms with Crippen molar-refractivity contribution in [2.24, 2.45) is 0 Å². The average molecular weight is 327 g/mol. The van der Waals surface area contributed by atoms with E-state index in [0.29, 0.717) is 16.8 Å². The first-order chi connectivity index (χ1) is 10.4. The zero-order chi connectivity index (χ0) is 16.3. The van der Waals surface area contributed by atoms with Gasteiger partial charge in [-0.1, -0.05) is 17.7 Å². The number of esters is 1. The summed E-state index contributed by atoms with van der Waals surface area (Å²) in [5.74, 6) is -0.593. The first-order valence-corrected chi connectivity index (χ1v) is 6.82. The second-order valence-corrected chi connectivity index (χ2v) is 4.83. The van der Waals surface area contributed by atoms with Gasteiger partial charge < -0.3 is 10.5 Å². The van der Waals surface area contributed by atoms with Crippen LogP contribution in [0.5, 0.6) is 0 Å². The summed E-state index contributed by atoms with van der Waals surface area (Å²) in [6.07, 6.45) is -1.43. The minimum Gasteiger partial charge on any atom is -0.462 e. The summed E-state index contributed by atoms with van der Waals surface area (Å²) < 4.78 is 30.1. The Kier molecular flexibility index (Phi) is 4.92. The van der Waals surface area contributed by atoms with E-state index in [4.69, 9.17) is 22.1 Å². The molecule has 2 rings (SSSR count). The number of halogens is 3. The normalized spacial score (nSPS) is 10.8. The molecule has 1 aromatic heterocycles. The molecular weight excluding hydrogens is 314 g/mol. The number of rotatable bonds is 4. The lowest BCUT2D eigenvalue weighted by Crippen LogP contribution is -2.08. The molecular formula is C15H13ClF2N2O2. The maximum atomic E-state index is 12.6. The number of ether oxygens (including phenoxy) is 1. The fraction of sp³-hybridized carbons (Fsp3) is 0.200. The van der Waals surface area contributed by atoms with E-state index in [2.05, 4.69) is 4.98 Å². The van der Waals surface area contributed by atoms with E-state index >= 15 is 0 Å². The molecule has 0 radical (unpaired) electrons. The molecule has 4 nitrogen and oxygen atoms in total. The Balaban J connectivity index is 2.55. The maximum Gasteiger partial charge on any atom is 0.338 e. The van der Waals surface area contributed by atoms with Crippen molar-refractivity contribution in [2.45, 2.75) is 13.3 Å². The highest BCUT2D eigenvalue weighted by Crippen LogP contribution is 2.34. The molecule has 2 aromatic rings. The summed E-state index contributed by atoms with van der Waals surface area (Å²) in [4.78, 5) is 15.7. The lowest BCUT2D eigenvalue weighted by molar-refractivity contribution is 0.0527. The van der Waals surface area contributed by atoms with Gasteiger partial charge in [-0.05, 0) is 25.1 Å². The van der Waals surface area contributed by atoms with Gasteiger partial charge in [0.1, 0.15) is 5.69 Å². The van der Waals surface area contributed by atoms with Crippen LogP contribution in [0.25, 0.3) is 11.1 Å². The molecule has 0 fully saturated rings. The van der Waals surface area contributed by atoms with E-state index in [1.807, 2.05) is 0 Å². The molecule has 2 N–H and O–H groups in total. The van der Waals surface area contributed by atoms with E-state index < -0.39 is 12.4 Å². The highest BCUT2D eigenvalue weighted by Gasteiger charge is 2.19. The molecule has 22 heavy (non-hydrogen) atoms. The molecule has 0 amide bonds. The number of hydrogen-bond acceptors (Lipinski definition) is 4. The standard InChI is InChI=1S/C15H13ClF2N2O2/c1-2-22-15(21)10-5-9(19)6-11(16)13(10)8-3-4-12(14(17)18)20-7-8/h3-7,14H,2,19H2,1H3. The van der Waals surface area contributed by atoms with Crippen molar-refractivity contribution in [2.75, 3.05) is 12.3 Å². The summed E-state index contributed by atoms with van der Waals surface area (Å²) >= 11 is 6.15. The van der Waals surface area contributed by atoms with E-state index in [0.717, 1.165) is 0 Å². The lowest BCUT2D eigenvalue weighted by atomic mass is 10.00. The second-order valence-electron chi connectivity index (χ2n) is 4.42. The van der Waals surface area contributed by atoms with Gasteiger partial charge in [0.2, 0.25) is 0 Å². The molecule has 0 saturated carbocycles. The van der Waals surface area contributed by atoms with Crippen LogP contribution in [0, 0.1) is 0 Å². The third-order valence-electron chi connectivity index (χ3n) is 2.91. The minimum absolute atomic E-state index is 0.165. The van der Waals surface area contributed by atoms with E-state index in [9.17, 15) is 13.6 Å². The van der Waals surface area contributed by atoms with Gasteiger partial charge >= 0.3 is 5.97 Å². The second kappa shape index (κ2) is 6.70. The van der Waals surface area contributed by atoms with Crippen molar-refractivity contribution >= 4 is 23.3 Å². The number of nitrogens with zero attached hydrogens (tertiary/aromatic N) is 1. The summed E-state index contributed by atoms with van der Waals surface area (Å²) in [5.41, 5.74) is 6.59. The SMILES string of the molecule is CCOC(=O)c1cc(N)cc(Cl)c1-c1ccc(C(F)F)nc1. The molecule has 0 aliphatic rings. The van der Waals surface area contributed by atoms with Crippen molar-refractivity contribution in [1.82, 2.24) is 4.98 Å². The van der Waals surface area contributed by atoms with Gasteiger partial charge in [0, 0.05) is 23.0 Å². The molecule has 1 heterocycles. The van der Waals surface area contributed by atoms with Crippen LogP contribution in [0.1, 0.15) is 29.4 Å². The third-order valence-corrected chi connectivity index (χ3v) is 3.20. The number of benzene rings is 1. The zero-order valence-electron chi connectivity index (χ0n) is 11.6. The Labute approximate surface area is 130 Å². The Morgan fingerprint density at radius 1 is 1.41 bits per heavy atom. The third kappa shape index (κ3) is 3.33. The molecule has 0 aliphatic heterocycles. The van der Waals surface area contributed by atoms with Crippen LogP contribution in [0.3, 0.4) is 0 Å². The van der Waals surface area contributed by atoms with Crippen LogP contribution >= 0.6 is 11.6 Å². The van der Waals surface area contributed by atoms with Crippen molar-refractivity contribution < 1.29 is 18.3 Å². The molecule has 0 aliphatic carbocycles. The number of nitrogens with two attached hydrogens (primary N) is 1. The zero-order valence-corrected chi connectivity index (χ0v) is 12.4. The van der Waals surface area contributed by atoms with Crippen LogP contribution in [0.2, 0.25) is 5.02 Å². The van der Waals surface area contributed by atoms with Crippen LogP contribution in [0.4, 0.5) is 14.5 Å². The first-order valence-electron chi connectivity index (χ1n) is 6.44. The average Bonchev–Trinajstić information content (AvgIpc) is 2.47. The number of nitrogen functional groups attached to an aromatic ring is 1. The smallest absolute Gasteiger partial charge is 0.338 e. The van der Waals surface area contributed by atoms with E-state index in [-0.39, 0.29) is 22.9 Å². The van der Waals surface area contributed by atoms with Crippen molar-refractivity contribution in [3.8, 4) is 11.1 Å². The van der Waals surface area contributed by atoms with Gasteiger partial charge in [-0.2, -0.15) is 0 Å². The first kappa shape index (κ1) is 16.2. The van der Waals surface area contributed by atoms with Crippen LogP contribution < -0.4 is 5.73 Å². The Hall–Kier alpha value is -2.21. The summed E-state index contributed by atoms with van der Waals surface area (Å²) in [6, 6.07) is 5.51. The molecule has 0 spiro atoms. The number of hydrogen-bond donors (Lipinski definition) is 1. The molecule has 1 aromatic carbocycles. The molecule has 0 bridgehead atoms. The van der Waals surface area contributed by atoms with Crippen molar-refractivity contribution in [3.05, 3.63) is 46.7 Å². The van der Waals surface area contributed by atoms with E-state index in [1.165, 1.54) is 30.5 Å². The van der Waals surface area contributed by atoms with Crippen molar-refractivity contribution in [3.63, 3.8) is 0 Å². The van der Waals surface area contributed by atoms with Crippen LogP contribution in [-0.2, 0) is 4.74 Å². The monoisotopic (exact) mass is 326 g/mol. The van der Waals surface area contributed by atoms with Gasteiger partial charge in [0.05, 0.1) is 17.2 Å². The van der Waals surface area contributed by atoms with Crippen LogP contribution in [-0.4, -0.2) is 17.6 Å². The molecule has 116 valence electrons. The summed E-state index contributed by atoms with van der Waals surface area (Å²) in [6.45, 7) is 1.86. The predicted octanol–water partition coefficient (Wildman–Crippen LogP) is 4.10. The van der Waals surface area contributed by atoms with Gasteiger partial charge in [0.25, 0.3) is 6.43 Å². The van der Waals surface area contributed by atoms with Gasteiger partial charge in [-0.3, -0.25) is 4.98 Å². The van der Waals surface area contributed by atoms with E-state index in [1.54, 1.807) is 6.92 Å². The number of pyridine rings is 1. The molecule has 0 saturated heterocycles. The number of carbonyl (C=O) groups excluding carboxylic acids is 1. The summed E-state index contributed by atoms with van der Waals surface area (Å²) in [5, 5.41) is 0.217. The topological polar surface area (TPSA) is 65.2 Å². The highest BCUT2D eigenvalue weighted by atomic mass is 35.5. The largest absolute Gasteiger partial charge is 0.462 e. The molecule has 7 heteroatoms. The van der Waals surface area contributed by atoms with Gasteiger partial charge in [0.15, 0.2) is 0 Å². The number of aromatic nitrogens is 1.